The van der Waals surface area contributed by atoms with Crippen LogP contribution in [0.4, 0.5) is 0 Å². The Bertz CT molecular complexity index is 1390. The molecule has 9 atom stereocenters. The first-order chi connectivity index (χ1) is 20.7. The number of hydrogen-bond acceptors (Lipinski definition) is 3. The van der Waals surface area contributed by atoms with Gasteiger partial charge in [-0.25, -0.2) is 4.79 Å². The number of hydrogen-bond donors (Lipinski definition) is 1. The van der Waals surface area contributed by atoms with E-state index >= 15 is 0 Å². The number of esters is 1. The first-order valence-electron chi connectivity index (χ1n) is 17.2. The number of ether oxygens (including phenoxy) is 1. The molecule has 6 rings (SSSR count). The van der Waals surface area contributed by atoms with Gasteiger partial charge in [-0.1, -0.05) is 89.3 Å². The maximum absolute atomic E-state index is 14.2. The molecule has 0 bridgehead atoms. The highest BCUT2D eigenvalue weighted by Gasteiger charge is 2.71. The number of rotatable bonds is 6. The quantitative estimate of drug-likeness (QED) is 0.201. The number of carbonyl (C=O) groups excluding carboxylic acids is 1. The van der Waals surface area contributed by atoms with E-state index in [9.17, 15) is 14.7 Å². The molecule has 1 aromatic rings. The molecule has 4 fully saturated rings. The van der Waals surface area contributed by atoms with Gasteiger partial charge in [0.2, 0.25) is 0 Å². The Morgan fingerprint density at radius 1 is 0.932 bits per heavy atom. The van der Waals surface area contributed by atoms with Gasteiger partial charge in [0.1, 0.15) is 6.61 Å². The Balaban J connectivity index is 1.33. The van der Waals surface area contributed by atoms with E-state index in [4.69, 9.17) is 4.74 Å². The highest BCUT2D eigenvalue weighted by Crippen LogP contribution is 2.77. The Labute approximate surface area is 265 Å². The summed E-state index contributed by atoms with van der Waals surface area (Å²) < 4.78 is 6.18. The highest BCUT2D eigenvalue weighted by molar-refractivity contribution is 5.80. The van der Waals surface area contributed by atoms with Crippen molar-refractivity contribution < 1.29 is 19.4 Å². The van der Waals surface area contributed by atoms with E-state index in [0.29, 0.717) is 36.2 Å². The third kappa shape index (κ3) is 4.43. The Morgan fingerprint density at radius 3 is 2.34 bits per heavy atom. The van der Waals surface area contributed by atoms with E-state index in [1.54, 1.807) is 0 Å². The number of fused-ring (bicyclic) bond motifs is 7. The maximum atomic E-state index is 14.2. The Morgan fingerprint density at radius 2 is 1.66 bits per heavy atom. The van der Waals surface area contributed by atoms with Crippen molar-refractivity contribution in [2.75, 3.05) is 0 Å². The lowest BCUT2D eigenvalue weighted by Crippen LogP contribution is -2.66. The minimum absolute atomic E-state index is 0.0289. The molecule has 0 amide bonds. The van der Waals surface area contributed by atoms with Gasteiger partial charge in [0.05, 0.1) is 5.41 Å². The SMILES string of the molecule is C=C(C)C1CCC2(C(=O)OCc3ccccc3)CCC3(C)C(CCC4C5(C)CC=C(C=CC(=O)O)C(C)(C)C5CCC43C)C12. The predicted octanol–water partition coefficient (Wildman–Crippen LogP) is 9.56. The zero-order chi connectivity index (χ0) is 31.7. The van der Waals surface area contributed by atoms with Gasteiger partial charge in [0.15, 0.2) is 0 Å². The van der Waals surface area contributed by atoms with Gasteiger partial charge in [0, 0.05) is 6.08 Å². The van der Waals surface area contributed by atoms with Crippen LogP contribution in [0.2, 0.25) is 0 Å². The molecule has 4 nitrogen and oxygen atoms in total. The van der Waals surface area contributed by atoms with Crippen molar-refractivity contribution in [3.05, 3.63) is 71.8 Å². The van der Waals surface area contributed by atoms with Gasteiger partial charge in [0.25, 0.3) is 0 Å². The third-order valence-corrected chi connectivity index (χ3v) is 14.7. The van der Waals surface area contributed by atoms with Crippen molar-refractivity contribution >= 4 is 11.9 Å². The van der Waals surface area contributed by atoms with Crippen LogP contribution in [-0.4, -0.2) is 17.0 Å². The molecule has 44 heavy (non-hydrogen) atoms. The standard InChI is InChI=1S/C40H54O4/c1-26(2)29-18-22-40(35(43)44-25-27-11-9-8-10-12-27)24-23-38(6)30(34(29)40)14-15-32-37(5)20-17-28(13-16-33(41)42)36(3,4)31(37)19-21-39(32,38)7/h8-13,16-17,29-32,34H,1,14-15,18-25H2,2-7H3,(H,41,42). The fraction of sp³-hybridized carbons (Fsp3) is 0.650. The van der Waals surface area contributed by atoms with Crippen LogP contribution in [0.25, 0.3) is 0 Å². The van der Waals surface area contributed by atoms with E-state index in [2.05, 4.69) is 54.2 Å². The Kier molecular flexibility index (Phi) is 7.65. The zero-order valence-electron chi connectivity index (χ0n) is 28.0. The summed E-state index contributed by atoms with van der Waals surface area (Å²) in [5.41, 5.74) is 3.48. The molecular formula is C40H54O4. The van der Waals surface area contributed by atoms with Crippen LogP contribution in [0.1, 0.15) is 105 Å². The van der Waals surface area contributed by atoms with Crippen molar-refractivity contribution in [2.24, 2.45) is 56.7 Å². The van der Waals surface area contributed by atoms with Gasteiger partial charge in [-0.2, -0.15) is 0 Å². The molecule has 0 heterocycles. The second-order valence-corrected chi connectivity index (χ2v) is 16.7. The molecule has 5 aliphatic rings. The van der Waals surface area contributed by atoms with Gasteiger partial charge >= 0.3 is 11.9 Å². The van der Waals surface area contributed by atoms with Crippen LogP contribution >= 0.6 is 0 Å². The predicted molar refractivity (Wildman–Crippen MR) is 175 cm³/mol. The van der Waals surface area contributed by atoms with E-state index in [0.717, 1.165) is 50.5 Å². The molecule has 0 spiro atoms. The van der Waals surface area contributed by atoms with Crippen molar-refractivity contribution in [3.63, 3.8) is 0 Å². The molecule has 5 aliphatic carbocycles. The average molecular weight is 599 g/mol. The lowest BCUT2D eigenvalue weighted by molar-refractivity contribution is -0.230. The summed E-state index contributed by atoms with van der Waals surface area (Å²) in [4.78, 5) is 25.6. The number of carbonyl (C=O) groups is 2. The molecule has 1 aromatic carbocycles. The van der Waals surface area contributed by atoms with Crippen molar-refractivity contribution in [1.82, 2.24) is 0 Å². The maximum Gasteiger partial charge on any atom is 0.328 e. The monoisotopic (exact) mass is 598 g/mol. The molecule has 4 saturated carbocycles. The molecule has 238 valence electrons. The lowest BCUT2D eigenvalue weighted by atomic mass is 9.32. The summed E-state index contributed by atoms with van der Waals surface area (Å²) in [5, 5.41) is 9.33. The summed E-state index contributed by atoms with van der Waals surface area (Å²) in [6.07, 6.45) is 15.2. The number of aliphatic carboxylic acids is 1. The fourth-order valence-corrected chi connectivity index (χ4v) is 12.4. The molecule has 1 N–H and O–H groups in total. The van der Waals surface area contributed by atoms with Gasteiger partial charge in [-0.3, -0.25) is 4.79 Å². The largest absolute Gasteiger partial charge is 0.478 e. The first kappa shape index (κ1) is 31.4. The second-order valence-electron chi connectivity index (χ2n) is 16.7. The summed E-state index contributed by atoms with van der Waals surface area (Å²) in [6, 6.07) is 10.1. The summed E-state index contributed by atoms with van der Waals surface area (Å²) in [6.45, 7) is 19.5. The Hall–Kier alpha value is -2.62. The van der Waals surface area contributed by atoms with Crippen LogP contribution in [0.15, 0.2) is 66.3 Å². The second kappa shape index (κ2) is 10.7. The minimum atomic E-state index is -0.880. The van der Waals surface area contributed by atoms with Crippen molar-refractivity contribution in [2.45, 2.75) is 106 Å². The van der Waals surface area contributed by atoms with E-state index in [-0.39, 0.29) is 27.6 Å². The molecule has 0 radical (unpaired) electrons. The first-order valence-corrected chi connectivity index (χ1v) is 17.2. The third-order valence-electron chi connectivity index (χ3n) is 14.7. The number of carboxylic acids is 1. The van der Waals surface area contributed by atoms with Crippen LogP contribution in [0.3, 0.4) is 0 Å². The van der Waals surface area contributed by atoms with Crippen molar-refractivity contribution in [3.8, 4) is 0 Å². The van der Waals surface area contributed by atoms with Crippen LogP contribution in [-0.2, 0) is 20.9 Å². The number of carboxylic acid groups (broad SMARTS) is 1. The van der Waals surface area contributed by atoms with Gasteiger partial charge in [-0.15, -0.1) is 0 Å². The smallest absolute Gasteiger partial charge is 0.328 e. The van der Waals surface area contributed by atoms with E-state index in [1.165, 1.54) is 30.1 Å². The fourth-order valence-electron chi connectivity index (χ4n) is 12.4. The molecule has 0 saturated heterocycles. The molecule has 9 unspecified atom stereocenters. The lowest BCUT2D eigenvalue weighted by Gasteiger charge is -2.72. The van der Waals surface area contributed by atoms with Crippen LogP contribution in [0, 0.1) is 56.7 Å². The summed E-state index contributed by atoms with van der Waals surface area (Å²) in [7, 11) is 0. The molecule has 4 heteroatoms. The van der Waals surface area contributed by atoms with E-state index in [1.807, 2.05) is 36.4 Å². The molecule has 0 aliphatic heterocycles. The van der Waals surface area contributed by atoms with Gasteiger partial charge in [-0.05, 0) is 127 Å². The van der Waals surface area contributed by atoms with Crippen molar-refractivity contribution in [1.29, 1.82) is 0 Å². The normalized spacial score (nSPS) is 42.3. The molecule has 0 aromatic heterocycles. The molecular weight excluding hydrogens is 544 g/mol. The average Bonchev–Trinajstić information content (AvgIpc) is 3.37. The number of benzene rings is 1. The van der Waals surface area contributed by atoms with Gasteiger partial charge < -0.3 is 9.84 Å². The number of allylic oxidation sites excluding steroid dienone is 4. The highest BCUT2D eigenvalue weighted by atomic mass is 16.5. The minimum Gasteiger partial charge on any atom is -0.478 e. The summed E-state index contributed by atoms with van der Waals surface area (Å²) in [5.74, 6) is 1.40. The van der Waals surface area contributed by atoms with Crippen LogP contribution < -0.4 is 0 Å². The van der Waals surface area contributed by atoms with Crippen LogP contribution in [0.5, 0.6) is 0 Å². The topological polar surface area (TPSA) is 63.6 Å². The van der Waals surface area contributed by atoms with E-state index < -0.39 is 11.4 Å². The zero-order valence-corrected chi connectivity index (χ0v) is 28.0. The summed E-state index contributed by atoms with van der Waals surface area (Å²) >= 11 is 0.